The third-order valence-corrected chi connectivity index (χ3v) is 2.09. The zero-order valence-electron chi connectivity index (χ0n) is 8.72. The van der Waals surface area contributed by atoms with Gasteiger partial charge in [0, 0.05) is 12.1 Å². The van der Waals surface area contributed by atoms with Crippen molar-refractivity contribution >= 4 is 17.6 Å². The number of hydrogen-bond acceptors (Lipinski definition) is 3. The highest BCUT2D eigenvalue weighted by Crippen LogP contribution is 2.10. The Labute approximate surface area is 93.3 Å². The molecule has 86 valence electrons. The number of carbonyl (C=O) groups is 2. The Balaban J connectivity index is 2.58. The minimum atomic E-state index is -0.995. The smallest absolute Gasteiger partial charge is 0.326 e. The summed E-state index contributed by atoms with van der Waals surface area (Å²) in [7, 11) is 0. The van der Waals surface area contributed by atoms with Crippen molar-refractivity contribution in [3.63, 3.8) is 0 Å². The number of rotatable bonds is 6. The van der Waals surface area contributed by atoms with Crippen LogP contribution in [0.25, 0.3) is 0 Å². The molecule has 1 aromatic carbocycles. The van der Waals surface area contributed by atoms with Crippen molar-refractivity contribution in [2.75, 3.05) is 5.32 Å². The van der Waals surface area contributed by atoms with E-state index in [2.05, 4.69) is 5.32 Å². The van der Waals surface area contributed by atoms with E-state index in [1.54, 1.807) is 24.3 Å². The number of benzene rings is 1. The molecule has 0 bridgehead atoms. The minimum absolute atomic E-state index is 0.0524. The van der Waals surface area contributed by atoms with Crippen LogP contribution in [0.5, 0.6) is 0 Å². The van der Waals surface area contributed by atoms with Gasteiger partial charge in [-0.25, -0.2) is 4.79 Å². The number of carboxylic acids is 1. The van der Waals surface area contributed by atoms with Crippen LogP contribution in [-0.2, 0) is 9.59 Å². The van der Waals surface area contributed by atoms with Crippen LogP contribution in [0.3, 0.4) is 0 Å². The first-order valence-electron chi connectivity index (χ1n) is 4.92. The molecule has 0 fully saturated rings. The lowest BCUT2D eigenvalue weighted by molar-refractivity contribution is -0.138. The summed E-state index contributed by atoms with van der Waals surface area (Å²) in [6, 6.07) is 8.17. The maximum Gasteiger partial charge on any atom is 0.326 e. The van der Waals surface area contributed by atoms with Gasteiger partial charge in [0.1, 0.15) is 6.04 Å². The van der Waals surface area contributed by atoms with Crippen molar-refractivity contribution in [2.45, 2.75) is 18.9 Å². The standard InChI is InChI=1S/C11H14N2O3/c12-10(14)7-6-9(11(15)16)13-8-4-2-1-3-5-8/h1-5,9,13H,6-7H2,(H2,12,14)(H,15,16). The van der Waals surface area contributed by atoms with Gasteiger partial charge in [0.2, 0.25) is 5.91 Å². The molecule has 1 aromatic rings. The summed E-state index contributed by atoms with van der Waals surface area (Å²) in [5, 5.41) is 11.8. The van der Waals surface area contributed by atoms with E-state index in [0.717, 1.165) is 0 Å². The van der Waals surface area contributed by atoms with Gasteiger partial charge >= 0.3 is 5.97 Å². The number of nitrogens with one attached hydrogen (secondary N) is 1. The Kier molecular flexibility index (Phi) is 4.32. The van der Waals surface area contributed by atoms with Crippen LogP contribution in [0.2, 0.25) is 0 Å². The Morgan fingerprint density at radius 1 is 1.31 bits per heavy atom. The van der Waals surface area contributed by atoms with Gasteiger partial charge in [-0.3, -0.25) is 4.79 Å². The van der Waals surface area contributed by atoms with E-state index in [9.17, 15) is 9.59 Å². The summed E-state index contributed by atoms with van der Waals surface area (Å²) in [6.07, 6.45) is 0.233. The zero-order valence-corrected chi connectivity index (χ0v) is 8.72. The first kappa shape index (κ1) is 12.0. The molecule has 5 nitrogen and oxygen atoms in total. The second-order valence-electron chi connectivity index (χ2n) is 3.41. The average Bonchev–Trinajstić information content (AvgIpc) is 2.25. The van der Waals surface area contributed by atoms with Gasteiger partial charge in [0.15, 0.2) is 0 Å². The van der Waals surface area contributed by atoms with Crippen LogP contribution >= 0.6 is 0 Å². The lowest BCUT2D eigenvalue weighted by atomic mass is 10.1. The topological polar surface area (TPSA) is 92.4 Å². The molecule has 0 aliphatic carbocycles. The number of nitrogens with two attached hydrogens (primary N) is 1. The average molecular weight is 222 g/mol. The van der Waals surface area contributed by atoms with E-state index in [1.165, 1.54) is 0 Å². The van der Waals surface area contributed by atoms with E-state index in [4.69, 9.17) is 10.8 Å². The quantitative estimate of drug-likeness (QED) is 0.664. The Bertz CT molecular complexity index is 365. The Morgan fingerprint density at radius 3 is 2.44 bits per heavy atom. The number of para-hydroxylation sites is 1. The number of carbonyl (C=O) groups excluding carboxylic acids is 1. The molecule has 0 aliphatic heterocycles. The summed E-state index contributed by atoms with van der Waals surface area (Å²) in [5.74, 6) is -1.49. The molecule has 0 saturated carbocycles. The highest BCUT2D eigenvalue weighted by molar-refractivity contribution is 5.79. The summed E-state index contributed by atoms with van der Waals surface area (Å²) in [6.45, 7) is 0. The SMILES string of the molecule is NC(=O)CCC(Nc1ccccc1)C(=O)O. The number of primary amides is 1. The van der Waals surface area contributed by atoms with E-state index in [1.807, 2.05) is 6.07 Å². The largest absolute Gasteiger partial charge is 0.480 e. The molecular formula is C11H14N2O3. The van der Waals surface area contributed by atoms with Gasteiger partial charge in [-0.2, -0.15) is 0 Å². The molecule has 1 amide bonds. The van der Waals surface area contributed by atoms with Crippen molar-refractivity contribution in [3.8, 4) is 0 Å². The van der Waals surface area contributed by atoms with Crippen LogP contribution in [0.15, 0.2) is 30.3 Å². The van der Waals surface area contributed by atoms with Crippen LogP contribution in [0.1, 0.15) is 12.8 Å². The third-order valence-electron chi connectivity index (χ3n) is 2.09. The summed E-state index contributed by atoms with van der Waals surface area (Å²) in [5.41, 5.74) is 5.68. The molecule has 0 aromatic heterocycles. The second-order valence-corrected chi connectivity index (χ2v) is 3.41. The molecule has 16 heavy (non-hydrogen) atoms. The minimum Gasteiger partial charge on any atom is -0.480 e. The fourth-order valence-corrected chi connectivity index (χ4v) is 1.28. The lowest BCUT2D eigenvalue weighted by Gasteiger charge is -2.14. The number of hydrogen-bond donors (Lipinski definition) is 3. The lowest BCUT2D eigenvalue weighted by Crippen LogP contribution is -2.30. The van der Waals surface area contributed by atoms with E-state index in [0.29, 0.717) is 5.69 Å². The van der Waals surface area contributed by atoms with Crippen LogP contribution in [0.4, 0.5) is 5.69 Å². The van der Waals surface area contributed by atoms with Gasteiger partial charge < -0.3 is 16.2 Å². The van der Waals surface area contributed by atoms with E-state index in [-0.39, 0.29) is 12.8 Å². The predicted octanol–water partition coefficient (Wildman–Crippen LogP) is 0.817. The highest BCUT2D eigenvalue weighted by atomic mass is 16.4. The Hall–Kier alpha value is -2.04. The number of carboxylic acid groups (broad SMARTS) is 1. The predicted molar refractivity (Wildman–Crippen MR) is 59.9 cm³/mol. The van der Waals surface area contributed by atoms with Crippen molar-refractivity contribution < 1.29 is 14.7 Å². The molecule has 0 saturated heterocycles. The van der Waals surface area contributed by atoms with E-state index < -0.39 is 17.9 Å². The number of aliphatic carboxylic acids is 1. The fourth-order valence-electron chi connectivity index (χ4n) is 1.28. The molecule has 0 aliphatic rings. The van der Waals surface area contributed by atoms with Gasteiger partial charge in [0.25, 0.3) is 0 Å². The van der Waals surface area contributed by atoms with Crippen molar-refractivity contribution in [3.05, 3.63) is 30.3 Å². The molecule has 5 heteroatoms. The molecule has 1 rings (SSSR count). The molecule has 0 heterocycles. The van der Waals surface area contributed by atoms with Crippen LogP contribution in [-0.4, -0.2) is 23.0 Å². The zero-order chi connectivity index (χ0) is 12.0. The summed E-state index contributed by atoms with van der Waals surface area (Å²) < 4.78 is 0. The van der Waals surface area contributed by atoms with Gasteiger partial charge in [-0.05, 0) is 18.6 Å². The fraction of sp³-hybridized carbons (Fsp3) is 0.273. The first-order valence-corrected chi connectivity index (χ1v) is 4.92. The van der Waals surface area contributed by atoms with Gasteiger partial charge in [-0.1, -0.05) is 18.2 Å². The maximum atomic E-state index is 10.9. The van der Waals surface area contributed by atoms with Gasteiger partial charge in [-0.15, -0.1) is 0 Å². The highest BCUT2D eigenvalue weighted by Gasteiger charge is 2.17. The van der Waals surface area contributed by atoms with Gasteiger partial charge in [0.05, 0.1) is 0 Å². The normalized spacial score (nSPS) is 11.8. The number of amides is 1. The van der Waals surface area contributed by atoms with Crippen molar-refractivity contribution in [1.29, 1.82) is 0 Å². The number of anilines is 1. The summed E-state index contributed by atoms with van der Waals surface area (Å²) in [4.78, 5) is 21.5. The molecular weight excluding hydrogens is 208 g/mol. The van der Waals surface area contributed by atoms with Crippen molar-refractivity contribution in [1.82, 2.24) is 0 Å². The second kappa shape index (κ2) is 5.75. The monoisotopic (exact) mass is 222 g/mol. The first-order chi connectivity index (χ1) is 7.59. The molecule has 1 unspecified atom stereocenters. The maximum absolute atomic E-state index is 10.9. The Morgan fingerprint density at radius 2 is 1.94 bits per heavy atom. The molecule has 0 spiro atoms. The molecule has 0 radical (unpaired) electrons. The molecule has 1 atom stereocenters. The summed E-state index contributed by atoms with van der Waals surface area (Å²) >= 11 is 0. The van der Waals surface area contributed by atoms with Crippen molar-refractivity contribution in [2.24, 2.45) is 5.73 Å². The molecule has 4 N–H and O–H groups in total. The van der Waals surface area contributed by atoms with Crippen LogP contribution in [0, 0.1) is 0 Å². The third kappa shape index (κ3) is 4.00. The van der Waals surface area contributed by atoms with Crippen LogP contribution < -0.4 is 11.1 Å². The van der Waals surface area contributed by atoms with E-state index >= 15 is 0 Å².